The number of rotatable bonds is 14. The van der Waals surface area contributed by atoms with Crippen LogP contribution in [0.15, 0.2) is 78.9 Å². The number of aryl methyl sites for hydroxylation is 1. The van der Waals surface area contributed by atoms with Gasteiger partial charge < -0.3 is 4.74 Å². The molecule has 2 aromatic rings. The van der Waals surface area contributed by atoms with Crippen LogP contribution in [0.3, 0.4) is 0 Å². The lowest BCUT2D eigenvalue weighted by molar-refractivity contribution is 0.256. The van der Waals surface area contributed by atoms with Crippen molar-refractivity contribution in [2.75, 3.05) is 5.75 Å². The van der Waals surface area contributed by atoms with E-state index in [0.717, 1.165) is 17.7 Å². The van der Waals surface area contributed by atoms with Gasteiger partial charge in [0.15, 0.2) is 9.98 Å². The van der Waals surface area contributed by atoms with Crippen LogP contribution in [0.2, 0.25) is 0 Å². The highest BCUT2D eigenvalue weighted by Crippen LogP contribution is 2.38. The highest BCUT2D eigenvalue weighted by molar-refractivity contribution is 8.00. The van der Waals surface area contributed by atoms with E-state index in [1.54, 1.807) is 0 Å². The summed E-state index contributed by atoms with van der Waals surface area (Å²) in [5, 5.41) is 0.575. The average molecular weight is 493 g/mol. The van der Waals surface area contributed by atoms with Crippen molar-refractivity contribution in [2.45, 2.75) is 82.5 Å². The van der Waals surface area contributed by atoms with Crippen molar-refractivity contribution in [1.29, 1.82) is 0 Å². The summed E-state index contributed by atoms with van der Waals surface area (Å²) >= 11 is 7.63. The topological polar surface area (TPSA) is 9.23 Å². The van der Waals surface area contributed by atoms with Gasteiger partial charge in [0, 0.05) is 11.5 Å². The SMILES string of the molecule is CCCCCCCSC1(OC(=S)c2ccc(CCCCC)cc2)C=CC(c2ccccc2)C=C1. The van der Waals surface area contributed by atoms with Crippen LogP contribution in [-0.4, -0.2) is 15.7 Å². The first-order chi connectivity index (χ1) is 16.7. The molecule has 0 aliphatic heterocycles. The second-order valence-corrected chi connectivity index (χ2v) is 10.9. The lowest BCUT2D eigenvalue weighted by atomic mass is 9.94. The molecule has 0 N–H and O–H groups in total. The number of allylic oxidation sites excluding steroid dienone is 2. The molecule has 1 nitrogen and oxygen atoms in total. The standard InChI is InChI=1S/C31H40OS2/c1-3-5-7-8-13-25-34-31(23-21-28(22-24-31)27-15-11-9-12-16-27)32-30(33)29-19-17-26(18-20-29)14-10-6-4-2/h9,11-12,15-24,28H,3-8,10,13-14,25H2,1-2H3. The smallest absolute Gasteiger partial charge is 0.193 e. The van der Waals surface area contributed by atoms with Gasteiger partial charge in [-0.1, -0.05) is 119 Å². The van der Waals surface area contributed by atoms with Crippen molar-refractivity contribution in [3.63, 3.8) is 0 Å². The van der Waals surface area contributed by atoms with E-state index in [0.29, 0.717) is 5.05 Å². The van der Waals surface area contributed by atoms with Gasteiger partial charge >= 0.3 is 0 Å². The molecule has 0 heterocycles. The van der Waals surface area contributed by atoms with Crippen molar-refractivity contribution >= 4 is 29.0 Å². The number of unbranched alkanes of at least 4 members (excludes halogenated alkanes) is 6. The lowest BCUT2D eigenvalue weighted by Crippen LogP contribution is -2.29. The maximum absolute atomic E-state index is 6.54. The van der Waals surface area contributed by atoms with Gasteiger partial charge in [-0.15, -0.1) is 11.8 Å². The molecule has 0 unspecified atom stereocenters. The first kappa shape index (κ1) is 26.8. The Balaban J connectivity index is 1.66. The van der Waals surface area contributed by atoms with Gasteiger partial charge in [0.1, 0.15) is 0 Å². The minimum Gasteiger partial charge on any atom is -0.458 e. The Morgan fingerprint density at radius 3 is 2.15 bits per heavy atom. The van der Waals surface area contributed by atoms with Gasteiger partial charge in [-0.2, -0.15) is 0 Å². The number of benzene rings is 2. The Bertz CT molecular complexity index is 900. The molecular weight excluding hydrogens is 452 g/mol. The Morgan fingerprint density at radius 2 is 1.47 bits per heavy atom. The summed E-state index contributed by atoms with van der Waals surface area (Å²) < 4.78 is 6.54. The molecule has 0 aromatic heterocycles. The number of hydrogen-bond donors (Lipinski definition) is 0. The predicted molar refractivity (Wildman–Crippen MR) is 154 cm³/mol. The van der Waals surface area contributed by atoms with Crippen LogP contribution in [0.25, 0.3) is 0 Å². The quantitative estimate of drug-likeness (QED) is 0.112. The molecule has 0 saturated carbocycles. The molecule has 34 heavy (non-hydrogen) atoms. The Kier molecular flexibility index (Phi) is 11.4. The van der Waals surface area contributed by atoms with Crippen molar-refractivity contribution in [2.24, 2.45) is 0 Å². The minimum atomic E-state index is -0.535. The highest BCUT2D eigenvalue weighted by atomic mass is 32.2. The van der Waals surface area contributed by atoms with Gasteiger partial charge in [-0.05, 0) is 60.5 Å². The van der Waals surface area contributed by atoms with Gasteiger partial charge in [0.05, 0.1) is 0 Å². The summed E-state index contributed by atoms with van der Waals surface area (Å²) in [6.45, 7) is 4.51. The molecule has 1 aliphatic carbocycles. The monoisotopic (exact) mass is 492 g/mol. The lowest BCUT2D eigenvalue weighted by Gasteiger charge is -2.31. The van der Waals surface area contributed by atoms with Crippen molar-refractivity contribution in [3.8, 4) is 0 Å². The van der Waals surface area contributed by atoms with E-state index in [1.807, 2.05) is 11.8 Å². The van der Waals surface area contributed by atoms with E-state index < -0.39 is 4.93 Å². The summed E-state index contributed by atoms with van der Waals surface area (Å²) in [5.41, 5.74) is 3.66. The van der Waals surface area contributed by atoms with Gasteiger partial charge in [-0.3, -0.25) is 0 Å². The molecule has 0 saturated heterocycles. The van der Waals surface area contributed by atoms with Crippen molar-refractivity contribution in [1.82, 2.24) is 0 Å². The second kappa shape index (κ2) is 14.5. The Labute approximate surface area is 217 Å². The van der Waals surface area contributed by atoms with E-state index in [-0.39, 0.29) is 5.92 Å². The summed E-state index contributed by atoms with van der Waals surface area (Å²) in [6, 6.07) is 19.3. The van der Waals surface area contributed by atoms with E-state index in [4.69, 9.17) is 17.0 Å². The van der Waals surface area contributed by atoms with E-state index in [9.17, 15) is 0 Å². The third kappa shape index (κ3) is 8.43. The minimum absolute atomic E-state index is 0.277. The predicted octanol–water partition coefficient (Wildman–Crippen LogP) is 9.42. The summed E-state index contributed by atoms with van der Waals surface area (Å²) in [4.78, 5) is -0.535. The zero-order chi connectivity index (χ0) is 24.1. The van der Waals surface area contributed by atoms with Crippen LogP contribution in [0.4, 0.5) is 0 Å². The third-order valence-corrected chi connectivity index (χ3v) is 7.96. The molecule has 3 heteroatoms. The number of hydrogen-bond acceptors (Lipinski definition) is 3. The largest absolute Gasteiger partial charge is 0.458 e. The van der Waals surface area contributed by atoms with Gasteiger partial charge in [0.25, 0.3) is 0 Å². The molecule has 0 radical (unpaired) electrons. The highest BCUT2D eigenvalue weighted by Gasteiger charge is 2.31. The van der Waals surface area contributed by atoms with Gasteiger partial charge in [0.2, 0.25) is 0 Å². The van der Waals surface area contributed by atoms with Crippen LogP contribution in [0.5, 0.6) is 0 Å². The first-order valence-corrected chi connectivity index (χ1v) is 14.4. The molecule has 0 spiro atoms. The maximum Gasteiger partial charge on any atom is 0.193 e. The summed E-state index contributed by atoms with van der Waals surface area (Å²) in [6.07, 6.45) is 20.3. The van der Waals surface area contributed by atoms with Gasteiger partial charge in [-0.25, -0.2) is 0 Å². The summed E-state index contributed by atoms with van der Waals surface area (Å²) in [7, 11) is 0. The molecule has 0 fully saturated rings. The van der Waals surface area contributed by atoms with Crippen molar-refractivity contribution < 1.29 is 4.74 Å². The van der Waals surface area contributed by atoms with Crippen LogP contribution < -0.4 is 0 Å². The van der Waals surface area contributed by atoms with E-state index in [2.05, 4.69) is 92.7 Å². The first-order valence-electron chi connectivity index (χ1n) is 13.1. The number of thiocarbonyl (C=S) groups is 1. The van der Waals surface area contributed by atoms with Crippen LogP contribution in [0, 0.1) is 0 Å². The molecule has 182 valence electrons. The molecule has 0 bridgehead atoms. The normalized spacial score (nSPS) is 19.3. The van der Waals surface area contributed by atoms with E-state index >= 15 is 0 Å². The third-order valence-electron chi connectivity index (χ3n) is 6.34. The molecule has 0 amide bonds. The van der Waals surface area contributed by atoms with Crippen LogP contribution in [-0.2, 0) is 11.2 Å². The second-order valence-electron chi connectivity index (χ2n) is 9.18. The maximum atomic E-state index is 6.54. The zero-order valence-corrected chi connectivity index (χ0v) is 22.5. The fourth-order valence-corrected chi connectivity index (χ4v) is 5.70. The zero-order valence-electron chi connectivity index (χ0n) is 20.9. The average Bonchev–Trinajstić information content (AvgIpc) is 2.88. The van der Waals surface area contributed by atoms with E-state index in [1.165, 1.54) is 62.5 Å². The molecule has 0 atom stereocenters. The fraction of sp³-hybridized carbons (Fsp3) is 0.452. The summed E-state index contributed by atoms with van der Waals surface area (Å²) in [5.74, 6) is 1.34. The molecule has 2 aromatic carbocycles. The number of thioether (sulfide) groups is 1. The number of ether oxygens (including phenoxy) is 1. The molecular formula is C31H40OS2. The van der Waals surface area contributed by atoms with Crippen LogP contribution in [0.1, 0.15) is 87.8 Å². The molecule has 3 rings (SSSR count). The molecule has 1 aliphatic rings. The van der Waals surface area contributed by atoms with Crippen molar-refractivity contribution in [3.05, 3.63) is 95.6 Å². The Morgan fingerprint density at radius 1 is 0.824 bits per heavy atom. The fourth-order valence-electron chi connectivity index (χ4n) is 4.21. The Hall–Kier alpha value is -1.84. The van der Waals surface area contributed by atoms with Crippen LogP contribution >= 0.6 is 24.0 Å².